The lowest BCUT2D eigenvalue weighted by Gasteiger charge is -2.35. The predicted molar refractivity (Wildman–Crippen MR) is 55.1 cm³/mol. The molecule has 1 heterocycles. The van der Waals surface area contributed by atoms with E-state index in [9.17, 15) is 4.79 Å². The molecule has 0 aromatic heterocycles. The Kier molecular flexibility index (Phi) is 4.59. The van der Waals surface area contributed by atoms with Crippen LogP contribution in [0.4, 0.5) is 0 Å². The normalized spacial score (nSPS) is 23.2. The van der Waals surface area contributed by atoms with Gasteiger partial charge in [-0.05, 0) is 12.2 Å². The zero-order chi connectivity index (χ0) is 9.68. The van der Waals surface area contributed by atoms with Gasteiger partial charge >= 0.3 is 0 Å². The summed E-state index contributed by atoms with van der Waals surface area (Å²) in [6, 6.07) is 0.279. The minimum atomic E-state index is 0.213. The van der Waals surface area contributed by atoms with Gasteiger partial charge in [0, 0.05) is 13.0 Å². The molecule has 4 heteroatoms. The van der Waals surface area contributed by atoms with Crippen molar-refractivity contribution in [3.8, 4) is 0 Å². The van der Waals surface area contributed by atoms with Gasteiger partial charge in [-0.15, -0.1) is 0 Å². The van der Waals surface area contributed by atoms with Crippen molar-refractivity contribution < 1.29 is 9.53 Å². The van der Waals surface area contributed by atoms with E-state index in [-0.39, 0.29) is 11.9 Å². The van der Waals surface area contributed by atoms with Gasteiger partial charge in [0.25, 0.3) is 0 Å². The summed E-state index contributed by atoms with van der Waals surface area (Å²) in [7, 11) is 0. The highest BCUT2D eigenvalue weighted by Gasteiger charge is 2.24. The fraction of sp³-hybridized carbons (Fsp3) is 0.889. The molecule has 1 unspecified atom stereocenters. The molecule has 1 atom stereocenters. The van der Waals surface area contributed by atoms with Crippen LogP contribution in [0.25, 0.3) is 0 Å². The molecule has 0 bridgehead atoms. The Morgan fingerprint density at radius 2 is 2.46 bits per heavy atom. The fourth-order valence-electron chi connectivity index (χ4n) is 1.56. The Bertz CT molecular complexity index is 175. The van der Waals surface area contributed by atoms with Crippen LogP contribution in [0, 0.1) is 0 Å². The van der Waals surface area contributed by atoms with Gasteiger partial charge in [-0.25, -0.2) is 0 Å². The molecule has 0 aromatic rings. The standard InChI is InChI=1S/C9H17NO2S/c1-2-8-7-12-5-4-10(8)9(11)3-6-13/h8,13H,2-7H2,1H3. The predicted octanol–water partition coefficient (Wildman–Crippen LogP) is 0.944. The summed E-state index contributed by atoms with van der Waals surface area (Å²) in [5.41, 5.74) is 0. The Hall–Kier alpha value is -0.220. The lowest BCUT2D eigenvalue weighted by Crippen LogP contribution is -2.48. The summed E-state index contributed by atoms with van der Waals surface area (Å²) in [6.07, 6.45) is 1.51. The molecule has 0 N–H and O–H groups in total. The monoisotopic (exact) mass is 203 g/mol. The third kappa shape index (κ3) is 2.88. The molecule has 1 aliphatic heterocycles. The molecule has 0 spiro atoms. The second-order valence-corrected chi connectivity index (χ2v) is 3.64. The van der Waals surface area contributed by atoms with Crippen molar-refractivity contribution in [2.24, 2.45) is 0 Å². The van der Waals surface area contributed by atoms with Crippen LogP contribution in [0.1, 0.15) is 19.8 Å². The molecule has 1 aliphatic rings. The van der Waals surface area contributed by atoms with Crippen molar-refractivity contribution in [1.82, 2.24) is 4.90 Å². The number of ether oxygens (including phenoxy) is 1. The number of rotatable bonds is 3. The fourth-order valence-corrected chi connectivity index (χ4v) is 1.75. The van der Waals surface area contributed by atoms with E-state index >= 15 is 0 Å². The van der Waals surface area contributed by atoms with E-state index in [0.717, 1.165) is 13.0 Å². The van der Waals surface area contributed by atoms with Crippen LogP contribution in [-0.4, -0.2) is 42.4 Å². The zero-order valence-electron chi connectivity index (χ0n) is 8.03. The number of carbonyl (C=O) groups is 1. The van der Waals surface area contributed by atoms with Gasteiger partial charge in [-0.3, -0.25) is 4.79 Å². The van der Waals surface area contributed by atoms with Crippen molar-refractivity contribution >= 4 is 18.5 Å². The Morgan fingerprint density at radius 3 is 3.08 bits per heavy atom. The van der Waals surface area contributed by atoms with Gasteiger partial charge in [-0.2, -0.15) is 12.6 Å². The van der Waals surface area contributed by atoms with Gasteiger partial charge < -0.3 is 9.64 Å². The number of morpholine rings is 1. The summed E-state index contributed by atoms with van der Waals surface area (Å²) in [5.74, 6) is 0.845. The highest BCUT2D eigenvalue weighted by atomic mass is 32.1. The molecule has 0 radical (unpaired) electrons. The molecule has 1 fully saturated rings. The van der Waals surface area contributed by atoms with E-state index in [2.05, 4.69) is 19.6 Å². The lowest BCUT2D eigenvalue weighted by molar-refractivity contribution is -0.139. The van der Waals surface area contributed by atoms with E-state index in [1.807, 2.05) is 4.90 Å². The summed E-state index contributed by atoms with van der Waals surface area (Å²) in [6.45, 7) is 4.19. The molecule has 0 aliphatic carbocycles. The van der Waals surface area contributed by atoms with Crippen LogP contribution in [0.2, 0.25) is 0 Å². The average molecular weight is 203 g/mol. The Balaban J connectivity index is 2.48. The smallest absolute Gasteiger partial charge is 0.223 e. The topological polar surface area (TPSA) is 29.5 Å². The first-order valence-corrected chi connectivity index (χ1v) is 5.41. The zero-order valence-corrected chi connectivity index (χ0v) is 8.93. The quantitative estimate of drug-likeness (QED) is 0.692. The van der Waals surface area contributed by atoms with Crippen molar-refractivity contribution in [2.75, 3.05) is 25.5 Å². The lowest BCUT2D eigenvalue weighted by atomic mass is 10.1. The molecule has 1 saturated heterocycles. The van der Waals surface area contributed by atoms with Gasteiger partial charge in [-0.1, -0.05) is 6.92 Å². The highest BCUT2D eigenvalue weighted by molar-refractivity contribution is 7.80. The molecular formula is C9H17NO2S. The van der Waals surface area contributed by atoms with E-state index in [0.29, 0.717) is 25.4 Å². The first-order chi connectivity index (χ1) is 6.29. The van der Waals surface area contributed by atoms with Gasteiger partial charge in [0.2, 0.25) is 5.91 Å². The third-order valence-electron chi connectivity index (χ3n) is 2.34. The van der Waals surface area contributed by atoms with Crippen molar-refractivity contribution in [3.05, 3.63) is 0 Å². The van der Waals surface area contributed by atoms with Crippen LogP contribution < -0.4 is 0 Å². The molecule has 1 amide bonds. The van der Waals surface area contributed by atoms with E-state index in [1.165, 1.54) is 0 Å². The van der Waals surface area contributed by atoms with E-state index in [4.69, 9.17) is 4.74 Å². The number of nitrogens with zero attached hydrogens (tertiary/aromatic N) is 1. The largest absolute Gasteiger partial charge is 0.377 e. The number of hydrogen-bond acceptors (Lipinski definition) is 3. The molecule has 13 heavy (non-hydrogen) atoms. The van der Waals surface area contributed by atoms with Crippen LogP contribution in [0.5, 0.6) is 0 Å². The molecule has 0 aromatic carbocycles. The van der Waals surface area contributed by atoms with Crippen LogP contribution in [-0.2, 0) is 9.53 Å². The number of hydrogen-bond donors (Lipinski definition) is 1. The number of carbonyl (C=O) groups excluding carboxylic acids is 1. The van der Waals surface area contributed by atoms with E-state index in [1.54, 1.807) is 0 Å². The SMILES string of the molecule is CCC1COCCN1C(=O)CCS. The Labute approximate surface area is 84.8 Å². The average Bonchev–Trinajstić information content (AvgIpc) is 2.18. The summed E-state index contributed by atoms with van der Waals surface area (Å²) < 4.78 is 5.32. The number of thiol groups is 1. The molecule has 3 nitrogen and oxygen atoms in total. The minimum Gasteiger partial charge on any atom is -0.377 e. The van der Waals surface area contributed by atoms with Crippen LogP contribution >= 0.6 is 12.6 Å². The minimum absolute atomic E-state index is 0.213. The van der Waals surface area contributed by atoms with Gasteiger partial charge in [0.15, 0.2) is 0 Å². The summed E-state index contributed by atoms with van der Waals surface area (Å²) in [5, 5.41) is 0. The molecule has 0 saturated carbocycles. The first-order valence-electron chi connectivity index (χ1n) is 4.77. The van der Waals surface area contributed by atoms with Gasteiger partial charge in [0.05, 0.1) is 19.3 Å². The molecule has 76 valence electrons. The second kappa shape index (κ2) is 5.50. The van der Waals surface area contributed by atoms with E-state index < -0.39 is 0 Å². The molecule has 1 rings (SSSR count). The van der Waals surface area contributed by atoms with Crippen LogP contribution in [0.15, 0.2) is 0 Å². The summed E-state index contributed by atoms with van der Waals surface area (Å²) >= 11 is 4.06. The maximum Gasteiger partial charge on any atom is 0.223 e. The second-order valence-electron chi connectivity index (χ2n) is 3.20. The molecular weight excluding hydrogens is 186 g/mol. The van der Waals surface area contributed by atoms with Gasteiger partial charge in [0.1, 0.15) is 0 Å². The van der Waals surface area contributed by atoms with Crippen molar-refractivity contribution in [3.63, 3.8) is 0 Å². The maximum atomic E-state index is 11.6. The first kappa shape index (κ1) is 10.9. The van der Waals surface area contributed by atoms with Crippen LogP contribution in [0.3, 0.4) is 0 Å². The summed E-state index contributed by atoms with van der Waals surface area (Å²) in [4.78, 5) is 13.5. The highest BCUT2D eigenvalue weighted by Crippen LogP contribution is 2.11. The number of amides is 1. The van der Waals surface area contributed by atoms with Crippen molar-refractivity contribution in [2.45, 2.75) is 25.8 Å². The third-order valence-corrected chi connectivity index (χ3v) is 2.57. The Morgan fingerprint density at radius 1 is 1.69 bits per heavy atom. The van der Waals surface area contributed by atoms with Crippen molar-refractivity contribution in [1.29, 1.82) is 0 Å². The maximum absolute atomic E-state index is 11.6.